The highest BCUT2D eigenvalue weighted by Gasteiger charge is 2.26. The predicted octanol–water partition coefficient (Wildman–Crippen LogP) is 4.73. The van der Waals surface area contributed by atoms with Gasteiger partial charge in [0.05, 0.1) is 12.7 Å². The van der Waals surface area contributed by atoms with Gasteiger partial charge in [-0.3, -0.25) is 0 Å². The number of hydrogen-bond acceptors (Lipinski definition) is 2. The molecule has 1 aromatic rings. The summed E-state index contributed by atoms with van der Waals surface area (Å²) in [6, 6.07) is 7.99. The molecule has 0 radical (unpaired) electrons. The first-order chi connectivity index (χ1) is 9.74. The molecule has 0 saturated heterocycles. The van der Waals surface area contributed by atoms with Crippen molar-refractivity contribution >= 4 is 0 Å². The molecule has 1 fully saturated rings. The van der Waals surface area contributed by atoms with E-state index >= 15 is 0 Å². The maximum absolute atomic E-state index is 10.6. The maximum Gasteiger partial charge on any atom is 0.119 e. The normalized spacial score (nSPS) is 24.4. The van der Waals surface area contributed by atoms with E-state index in [4.69, 9.17) is 4.74 Å². The molecule has 112 valence electrons. The van der Waals surface area contributed by atoms with Crippen LogP contribution < -0.4 is 4.74 Å². The van der Waals surface area contributed by atoms with Crippen molar-refractivity contribution in [2.45, 2.75) is 58.5 Å². The van der Waals surface area contributed by atoms with Gasteiger partial charge in [0.2, 0.25) is 0 Å². The Morgan fingerprint density at radius 1 is 1.20 bits per heavy atom. The second-order valence-corrected chi connectivity index (χ2v) is 6.05. The molecule has 1 atom stereocenters. The number of ether oxygens (including phenoxy) is 1. The van der Waals surface area contributed by atoms with Gasteiger partial charge >= 0.3 is 0 Å². The van der Waals surface area contributed by atoms with Gasteiger partial charge in [0.25, 0.3) is 0 Å². The van der Waals surface area contributed by atoms with E-state index in [0.717, 1.165) is 43.1 Å². The third-order valence-corrected chi connectivity index (χ3v) is 4.59. The zero-order chi connectivity index (χ0) is 14.4. The Hall–Kier alpha value is -1.02. The largest absolute Gasteiger partial charge is 0.494 e. The van der Waals surface area contributed by atoms with Crippen LogP contribution in [0, 0.1) is 11.8 Å². The van der Waals surface area contributed by atoms with Crippen LogP contribution in [-0.4, -0.2) is 11.7 Å². The zero-order valence-electron chi connectivity index (χ0n) is 12.8. The van der Waals surface area contributed by atoms with Crippen LogP contribution in [0.1, 0.15) is 64.0 Å². The number of rotatable bonds is 6. The molecule has 2 rings (SSSR count). The molecule has 0 heterocycles. The number of hydrogen-bond donors (Lipinski definition) is 1. The lowest BCUT2D eigenvalue weighted by Gasteiger charge is -2.31. The highest BCUT2D eigenvalue weighted by Crippen LogP contribution is 2.38. The van der Waals surface area contributed by atoms with E-state index in [0.29, 0.717) is 5.92 Å². The molecule has 1 aliphatic rings. The minimum absolute atomic E-state index is 0.335. The standard InChI is InChI=1S/C18H28O2/c1-3-12-20-17-7-5-6-16(13-17)18(19)15-10-8-14(4-2)9-11-15/h5-7,13-15,18-19H,3-4,8-12H2,1-2H3. The van der Waals surface area contributed by atoms with Crippen molar-refractivity contribution in [1.82, 2.24) is 0 Å². The first-order valence-corrected chi connectivity index (χ1v) is 8.15. The summed E-state index contributed by atoms with van der Waals surface area (Å²) in [5.74, 6) is 2.17. The number of benzene rings is 1. The Morgan fingerprint density at radius 2 is 1.95 bits per heavy atom. The lowest BCUT2D eigenvalue weighted by atomic mass is 9.77. The highest BCUT2D eigenvalue weighted by atomic mass is 16.5. The molecule has 20 heavy (non-hydrogen) atoms. The van der Waals surface area contributed by atoms with Crippen molar-refractivity contribution in [3.63, 3.8) is 0 Å². The van der Waals surface area contributed by atoms with Crippen molar-refractivity contribution < 1.29 is 9.84 Å². The van der Waals surface area contributed by atoms with E-state index in [9.17, 15) is 5.11 Å². The molecule has 1 saturated carbocycles. The number of aliphatic hydroxyl groups excluding tert-OH is 1. The van der Waals surface area contributed by atoms with Gasteiger partial charge in [-0.15, -0.1) is 0 Å². The first-order valence-electron chi connectivity index (χ1n) is 8.15. The van der Waals surface area contributed by atoms with Crippen molar-refractivity contribution in [2.24, 2.45) is 11.8 Å². The molecule has 0 amide bonds. The van der Waals surface area contributed by atoms with Crippen molar-refractivity contribution in [1.29, 1.82) is 0 Å². The average Bonchev–Trinajstić information content (AvgIpc) is 2.52. The van der Waals surface area contributed by atoms with Crippen LogP contribution in [0.3, 0.4) is 0 Å². The highest BCUT2D eigenvalue weighted by molar-refractivity contribution is 5.30. The van der Waals surface area contributed by atoms with Crippen molar-refractivity contribution in [3.8, 4) is 5.75 Å². The topological polar surface area (TPSA) is 29.5 Å². The van der Waals surface area contributed by atoms with Crippen molar-refractivity contribution in [2.75, 3.05) is 6.61 Å². The van der Waals surface area contributed by atoms with E-state index in [1.54, 1.807) is 0 Å². The lowest BCUT2D eigenvalue weighted by Crippen LogP contribution is -2.20. The summed E-state index contributed by atoms with van der Waals surface area (Å²) in [5.41, 5.74) is 1.01. The second kappa shape index (κ2) is 7.68. The molecule has 1 unspecified atom stereocenters. The van der Waals surface area contributed by atoms with Crippen LogP contribution in [0.4, 0.5) is 0 Å². The third kappa shape index (κ3) is 3.99. The Morgan fingerprint density at radius 3 is 2.60 bits per heavy atom. The fourth-order valence-corrected chi connectivity index (χ4v) is 3.19. The summed E-state index contributed by atoms with van der Waals surface area (Å²) in [7, 11) is 0. The molecule has 0 spiro atoms. The summed E-state index contributed by atoms with van der Waals surface area (Å²) in [6.07, 6.45) is 6.79. The van der Waals surface area contributed by atoms with Gasteiger partial charge in [0, 0.05) is 0 Å². The molecule has 0 aliphatic heterocycles. The Labute approximate surface area is 123 Å². The summed E-state index contributed by atoms with van der Waals surface area (Å²) in [6.45, 7) is 5.11. The Kier molecular flexibility index (Phi) is 5.90. The molecule has 0 aromatic heterocycles. The van der Waals surface area contributed by atoms with E-state index in [2.05, 4.69) is 13.8 Å². The maximum atomic E-state index is 10.6. The van der Waals surface area contributed by atoms with Gasteiger partial charge in [0.1, 0.15) is 5.75 Å². The summed E-state index contributed by atoms with van der Waals surface area (Å²) < 4.78 is 5.66. The monoisotopic (exact) mass is 276 g/mol. The smallest absolute Gasteiger partial charge is 0.119 e. The average molecular weight is 276 g/mol. The molecule has 1 aliphatic carbocycles. The molecule has 1 aromatic carbocycles. The van der Waals surface area contributed by atoms with E-state index < -0.39 is 0 Å². The van der Waals surface area contributed by atoms with Crippen molar-refractivity contribution in [3.05, 3.63) is 29.8 Å². The quantitative estimate of drug-likeness (QED) is 0.814. The lowest BCUT2D eigenvalue weighted by molar-refractivity contribution is 0.0727. The van der Waals surface area contributed by atoms with E-state index in [1.165, 1.54) is 19.3 Å². The Bertz CT molecular complexity index is 394. The summed E-state index contributed by atoms with van der Waals surface area (Å²) in [4.78, 5) is 0. The van der Waals surface area contributed by atoms with Crippen LogP contribution in [0.25, 0.3) is 0 Å². The predicted molar refractivity (Wildman–Crippen MR) is 82.9 cm³/mol. The van der Waals surface area contributed by atoms with Gasteiger partial charge in [-0.2, -0.15) is 0 Å². The molecular weight excluding hydrogens is 248 g/mol. The SMILES string of the molecule is CCCOc1cccc(C(O)C2CCC(CC)CC2)c1. The van der Waals surface area contributed by atoms with Gasteiger partial charge in [-0.05, 0) is 48.8 Å². The molecule has 2 nitrogen and oxygen atoms in total. The van der Waals surface area contributed by atoms with Crippen LogP contribution in [0.2, 0.25) is 0 Å². The van der Waals surface area contributed by atoms with E-state index in [1.807, 2.05) is 24.3 Å². The fraction of sp³-hybridized carbons (Fsp3) is 0.667. The summed E-state index contributed by atoms with van der Waals surface area (Å²) in [5, 5.41) is 10.6. The van der Waals surface area contributed by atoms with E-state index in [-0.39, 0.29) is 6.10 Å². The molecule has 2 heteroatoms. The van der Waals surface area contributed by atoms with Gasteiger partial charge < -0.3 is 9.84 Å². The van der Waals surface area contributed by atoms with Gasteiger partial charge in [-0.25, -0.2) is 0 Å². The minimum atomic E-state index is -0.335. The fourth-order valence-electron chi connectivity index (χ4n) is 3.19. The Balaban J connectivity index is 1.96. The summed E-state index contributed by atoms with van der Waals surface area (Å²) >= 11 is 0. The molecular formula is C18H28O2. The van der Waals surface area contributed by atoms with Crippen LogP contribution in [-0.2, 0) is 0 Å². The van der Waals surface area contributed by atoms with Crippen LogP contribution >= 0.6 is 0 Å². The second-order valence-electron chi connectivity index (χ2n) is 6.05. The van der Waals surface area contributed by atoms with Gasteiger partial charge in [0.15, 0.2) is 0 Å². The first kappa shape index (κ1) is 15.4. The third-order valence-electron chi connectivity index (χ3n) is 4.59. The number of aliphatic hydroxyl groups is 1. The zero-order valence-corrected chi connectivity index (χ0v) is 12.8. The molecule has 1 N–H and O–H groups in total. The minimum Gasteiger partial charge on any atom is -0.494 e. The molecule has 0 bridgehead atoms. The van der Waals surface area contributed by atoms with Gasteiger partial charge in [-0.1, -0.05) is 45.2 Å². The van der Waals surface area contributed by atoms with Crippen LogP contribution in [0.5, 0.6) is 5.75 Å². The van der Waals surface area contributed by atoms with Crippen LogP contribution in [0.15, 0.2) is 24.3 Å².